The maximum absolute atomic E-state index is 13.0. The molecule has 3 heterocycles. The average molecular weight is 471 g/mol. The SMILES string of the molecule is CNC(=O)[C@@H](NC(=O)c1ccc(-c2ccc3cc(Cc4ccncc4)[nH]c3c2)o1)C1CCCCC1. The largest absolute Gasteiger partial charge is 0.451 e. The van der Waals surface area contributed by atoms with Crippen LogP contribution >= 0.6 is 0 Å². The molecular formula is C28H30N4O3. The van der Waals surface area contributed by atoms with Crippen molar-refractivity contribution in [1.82, 2.24) is 20.6 Å². The fourth-order valence-corrected chi connectivity index (χ4v) is 5.00. The van der Waals surface area contributed by atoms with E-state index in [1.807, 2.05) is 30.3 Å². The van der Waals surface area contributed by atoms with Crippen molar-refractivity contribution in [1.29, 1.82) is 0 Å². The maximum Gasteiger partial charge on any atom is 0.287 e. The van der Waals surface area contributed by atoms with E-state index in [1.165, 1.54) is 12.0 Å². The molecule has 0 saturated heterocycles. The van der Waals surface area contributed by atoms with Crippen molar-refractivity contribution in [2.75, 3.05) is 7.05 Å². The molecule has 0 aliphatic heterocycles. The van der Waals surface area contributed by atoms with Gasteiger partial charge in [0, 0.05) is 42.6 Å². The first kappa shape index (κ1) is 22.9. The number of aromatic nitrogens is 2. The van der Waals surface area contributed by atoms with Gasteiger partial charge in [0.1, 0.15) is 11.8 Å². The summed E-state index contributed by atoms with van der Waals surface area (Å²) in [7, 11) is 1.61. The van der Waals surface area contributed by atoms with Gasteiger partial charge in [0.05, 0.1) is 0 Å². The van der Waals surface area contributed by atoms with E-state index in [1.54, 1.807) is 31.6 Å². The second-order valence-corrected chi connectivity index (χ2v) is 9.26. The quantitative estimate of drug-likeness (QED) is 0.360. The van der Waals surface area contributed by atoms with Crippen molar-refractivity contribution in [2.24, 2.45) is 5.92 Å². The summed E-state index contributed by atoms with van der Waals surface area (Å²) in [5.74, 6) is 0.442. The Labute approximate surface area is 204 Å². The fourth-order valence-electron chi connectivity index (χ4n) is 5.00. The topological polar surface area (TPSA) is 100 Å². The van der Waals surface area contributed by atoms with E-state index >= 15 is 0 Å². The summed E-state index contributed by atoms with van der Waals surface area (Å²) >= 11 is 0. The number of carbonyl (C=O) groups is 2. The van der Waals surface area contributed by atoms with Crippen LogP contribution in [0.25, 0.3) is 22.2 Å². The summed E-state index contributed by atoms with van der Waals surface area (Å²) < 4.78 is 5.92. The average Bonchev–Trinajstić information content (AvgIpc) is 3.54. The van der Waals surface area contributed by atoms with Gasteiger partial charge in [-0.2, -0.15) is 0 Å². The molecule has 1 aliphatic rings. The third kappa shape index (κ3) is 5.14. The van der Waals surface area contributed by atoms with Gasteiger partial charge in [-0.05, 0) is 66.1 Å². The van der Waals surface area contributed by atoms with Gasteiger partial charge in [-0.25, -0.2) is 0 Å². The Morgan fingerprint density at radius 3 is 2.63 bits per heavy atom. The maximum atomic E-state index is 13.0. The zero-order valence-corrected chi connectivity index (χ0v) is 19.8. The molecule has 3 N–H and O–H groups in total. The van der Waals surface area contributed by atoms with Crippen LogP contribution in [0.15, 0.2) is 65.3 Å². The Balaban J connectivity index is 1.31. The molecule has 35 heavy (non-hydrogen) atoms. The number of nitrogens with zero attached hydrogens (tertiary/aromatic N) is 1. The van der Waals surface area contributed by atoms with Crippen LogP contribution in [-0.4, -0.2) is 34.9 Å². The van der Waals surface area contributed by atoms with Gasteiger partial charge in [0.2, 0.25) is 5.91 Å². The van der Waals surface area contributed by atoms with Gasteiger partial charge in [0.25, 0.3) is 5.91 Å². The number of furan rings is 1. The number of hydrogen-bond donors (Lipinski definition) is 3. The smallest absolute Gasteiger partial charge is 0.287 e. The second-order valence-electron chi connectivity index (χ2n) is 9.26. The molecule has 0 unspecified atom stereocenters. The minimum atomic E-state index is -0.546. The van der Waals surface area contributed by atoms with Crippen molar-refractivity contribution in [3.8, 4) is 11.3 Å². The summed E-state index contributed by atoms with van der Waals surface area (Å²) in [6, 6.07) is 15.1. The molecule has 5 rings (SSSR count). The van der Waals surface area contributed by atoms with Crippen molar-refractivity contribution in [2.45, 2.75) is 44.6 Å². The van der Waals surface area contributed by atoms with Crippen LogP contribution in [-0.2, 0) is 11.2 Å². The van der Waals surface area contributed by atoms with Crippen LogP contribution in [0, 0.1) is 5.92 Å². The lowest BCUT2D eigenvalue weighted by atomic mass is 9.83. The minimum Gasteiger partial charge on any atom is -0.451 e. The normalized spacial score (nSPS) is 15.1. The van der Waals surface area contributed by atoms with E-state index in [9.17, 15) is 9.59 Å². The van der Waals surface area contributed by atoms with E-state index in [4.69, 9.17) is 4.42 Å². The molecular weight excluding hydrogens is 440 g/mol. The first-order valence-corrected chi connectivity index (χ1v) is 12.2. The van der Waals surface area contributed by atoms with Crippen LogP contribution in [0.2, 0.25) is 0 Å². The highest BCUT2D eigenvalue weighted by atomic mass is 16.4. The zero-order valence-electron chi connectivity index (χ0n) is 19.8. The molecule has 7 heteroatoms. The van der Waals surface area contributed by atoms with Crippen LogP contribution in [0.3, 0.4) is 0 Å². The predicted octanol–water partition coefficient (Wildman–Crippen LogP) is 4.84. The van der Waals surface area contributed by atoms with E-state index < -0.39 is 6.04 Å². The third-order valence-corrected chi connectivity index (χ3v) is 6.87. The second kappa shape index (κ2) is 10.2. The molecule has 1 aliphatic carbocycles. The Hall–Kier alpha value is -3.87. The number of likely N-dealkylation sites (N-methyl/N-ethyl adjacent to an activating group) is 1. The van der Waals surface area contributed by atoms with Gasteiger partial charge in [-0.1, -0.05) is 31.4 Å². The molecule has 0 radical (unpaired) electrons. The highest BCUT2D eigenvalue weighted by Crippen LogP contribution is 2.29. The molecule has 1 fully saturated rings. The molecule has 7 nitrogen and oxygen atoms in total. The Morgan fingerprint density at radius 1 is 1.06 bits per heavy atom. The minimum absolute atomic E-state index is 0.152. The molecule has 180 valence electrons. The van der Waals surface area contributed by atoms with Gasteiger partial charge in [0.15, 0.2) is 5.76 Å². The first-order valence-electron chi connectivity index (χ1n) is 12.2. The number of fused-ring (bicyclic) bond motifs is 1. The predicted molar refractivity (Wildman–Crippen MR) is 135 cm³/mol. The van der Waals surface area contributed by atoms with E-state index in [0.29, 0.717) is 5.76 Å². The molecule has 1 atom stereocenters. The van der Waals surface area contributed by atoms with Crippen molar-refractivity contribution >= 4 is 22.7 Å². The van der Waals surface area contributed by atoms with E-state index in [2.05, 4.69) is 26.7 Å². The van der Waals surface area contributed by atoms with Crippen LogP contribution < -0.4 is 10.6 Å². The fraction of sp³-hybridized carbons (Fsp3) is 0.321. The Morgan fingerprint density at radius 2 is 1.86 bits per heavy atom. The van der Waals surface area contributed by atoms with Crippen LogP contribution in [0.1, 0.15) is 53.9 Å². The number of nitrogens with one attached hydrogen (secondary N) is 3. The molecule has 3 aromatic heterocycles. The number of amides is 2. The summed E-state index contributed by atoms with van der Waals surface area (Å²) in [5.41, 5.74) is 4.19. The lowest BCUT2D eigenvalue weighted by Crippen LogP contribution is -2.50. The first-order chi connectivity index (χ1) is 17.1. The number of rotatable bonds is 7. The van der Waals surface area contributed by atoms with Gasteiger partial charge >= 0.3 is 0 Å². The molecule has 2 amide bonds. The standard InChI is InChI=1S/C28H30N4O3/c1-29-28(34)26(19-5-3-2-4-6-19)32-27(33)25-10-9-24(35-25)21-8-7-20-16-22(31-23(20)17-21)15-18-11-13-30-14-12-18/h7-14,16-17,19,26,31H,2-6,15H2,1H3,(H,29,34)(H,32,33)/t26-/m0/s1. The van der Waals surface area contributed by atoms with Crippen molar-refractivity contribution in [3.05, 3.63) is 77.9 Å². The van der Waals surface area contributed by atoms with E-state index in [0.717, 1.165) is 54.3 Å². The zero-order chi connectivity index (χ0) is 24.2. The van der Waals surface area contributed by atoms with Crippen molar-refractivity contribution in [3.63, 3.8) is 0 Å². The number of benzene rings is 1. The summed E-state index contributed by atoms with van der Waals surface area (Å²) in [5, 5.41) is 6.73. The number of pyridine rings is 1. The monoisotopic (exact) mass is 470 g/mol. The highest BCUT2D eigenvalue weighted by Gasteiger charge is 2.31. The van der Waals surface area contributed by atoms with Crippen LogP contribution in [0.4, 0.5) is 0 Å². The van der Waals surface area contributed by atoms with Gasteiger partial charge in [-0.3, -0.25) is 14.6 Å². The highest BCUT2D eigenvalue weighted by molar-refractivity contribution is 5.96. The van der Waals surface area contributed by atoms with Gasteiger partial charge < -0.3 is 20.0 Å². The molecule has 1 saturated carbocycles. The summed E-state index contributed by atoms with van der Waals surface area (Å²) in [6.07, 6.45) is 9.64. The van der Waals surface area contributed by atoms with Crippen molar-refractivity contribution < 1.29 is 14.0 Å². The Kier molecular flexibility index (Phi) is 6.66. The number of H-pyrrole nitrogens is 1. The van der Waals surface area contributed by atoms with Gasteiger partial charge in [-0.15, -0.1) is 0 Å². The summed E-state index contributed by atoms with van der Waals surface area (Å²) in [6.45, 7) is 0. The molecule has 4 aromatic rings. The number of carbonyl (C=O) groups excluding carboxylic acids is 2. The lowest BCUT2D eigenvalue weighted by molar-refractivity contribution is -0.124. The van der Waals surface area contributed by atoms with E-state index in [-0.39, 0.29) is 23.5 Å². The lowest BCUT2D eigenvalue weighted by Gasteiger charge is -2.29. The number of aromatic amines is 1. The molecule has 0 bridgehead atoms. The third-order valence-electron chi connectivity index (χ3n) is 6.87. The number of hydrogen-bond acceptors (Lipinski definition) is 4. The Bertz CT molecular complexity index is 1320. The molecule has 1 aromatic carbocycles. The van der Waals surface area contributed by atoms with Crippen LogP contribution in [0.5, 0.6) is 0 Å². The summed E-state index contributed by atoms with van der Waals surface area (Å²) in [4.78, 5) is 33.0. The molecule has 0 spiro atoms.